The van der Waals surface area contributed by atoms with E-state index in [1.165, 1.54) is 6.08 Å². The van der Waals surface area contributed by atoms with Gasteiger partial charge in [0.05, 0.1) is 35.0 Å². The number of aromatic hydroxyl groups is 1. The van der Waals surface area contributed by atoms with Crippen molar-refractivity contribution >= 4 is 17.8 Å². The number of hydrogen-bond acceptors (Lipinski definition) is 6. The molecule has 2 heterocycles. The molecule has 0 amide bonds. The Balaban J connectivity index is 2.02. The molecule has 1 N–H and O–H groups in total. The van der Waals surface area contributed by atoms with Crippen molar-refractivity contribution in [3.63, 3.8) is 0 Å². The molecule has 0 unspecified atom stereocenters. The fourth-order valence-electron chi connectivity index (χ4n) is 3.86. The van der Waals surface area contributed by atoms with Crippen LogP contribution >= 0.6 is 0 Å². The van der Waals surface area contributed by atoms with Gasteiger partial charge in [0.1, 0.15) is 5.56 Å². The van der Waals surface area contributed by atoms with Crippen LogP contribution in [0, 0.1) is 0 Å². The number of nitrogens with zero attached hydrogens (tertiary/aromatic N) is 3. The van der Waals surface area contributed by atoms with Gasteiger partial charge in [0.15, 0.2) is 0 Å². The van der Waals surface area contributed by atoms with Gasteiger partial charge in [0.2, 0.25) is 5.88 Å². The Morgan fingerprint density at radius 3 is 2.09 bits per heavy atom. The van der Waals surface area contributed by atoms with E-state index in [-0.39, 0.29) is 12.2 Å². The van der Waals surface area contributed by atoms with Crippen LogP contribution in [0.3, 0.4) is 0 Å². The van der Waals surface area contributed by atoms with E-state index < -0.39 is 23.1 Å². The molecule has 3 aromatic rings. The largest absolute Gasteiger partial charge is 0.494 e. The molecule has 0 radical (unpaired) electrons. The van der Waals surface area contributed by atoms with E-state index in [2.05, 4.69) is 4.99 Å². The Hall–Kier alpha value is -4.46. The first-order valence-electron chi connectivity index (χ1n) is 10.7. The molecule has 4 rings (SSSR count). The van der Waals surface area contributed by atoms with Crippen LogP contribution in [0.5, 0.6) is 5.88 Å². The molecule has 1 aliphatic heterocycles. The smallest absolute Gasteiger partial charge is 0.343 e. The summed E-state index contributed by atoms with van der Waals surface area (Å²) in [6.07, 6.45) is 1.39. The zero-order valence-electron chi connectivity index (χ0n) is 19.0. The second kappa shape index (κ2) is 9.19. The van der Waals surface area contributed by atoms with Crippen molar-refractivity contribution in [1.82, 2.24) is 9.13 Å². The van der Waals surface area contributed by atoms with E-state index in [1.54, 1.807) is 81.4 Å². The Bertz CT molecular complexity index is 1480. The van der Waals surface area contributed by atoms with Gasteiger partial charge in [-0.1, -0.05) is 36.4 Å². The fourth-order valence-corrected chi connectivity index (χ4v) is 3.86. The number of allylic oxidation sites excluding steroid dienone is 1. The quantitative estimate of drug-likeness (QED) is 0.592. The van der Waals surface area contributed by atoms with Crippen molar-refractivity contribution in [3.05, 3.63) is 104 Å². The van der Waals surface area contributed by atoms with E-state index in [9.17, 15) is 19.5 Å². The molecule has 34 heavy (non-hydrogen) atoms. The number of aromatic nitrogens is 2. The number of carbonyl (C=O) groups is 1. The third-order valence-electron chi connectivity index (χ3n) is 5.47. The average molecular weight is 457 g/mol. The minimum atomic E-state index is -0.715. The summed E-state index contributed by atoms with van der Waals surface area (Å²) in [4.78, 5) is 43.6. The summed E-state index contributed by atoms with van der Waals surface area (Å²) in [5.41, 5.74) is 0.778. The fraction of sp³-hybridized carbons (Fsp3) is 0.154. The summed E-state index contributed by atoms with van der Waals surface area (Å²) in [5, 5.41) is 11.1. The van der Waals surface area contributed by atoms with Gasteiger partial charge in [-0.3, -0.25) is 9.79 Å². The SMILES string of the molecule is CCOC(=O)C1=C(C)C(=Cc2c(O)n(-c3ccccc3)c(=O)n(-c3ccccc3)c2=O)N=C1C. The van der Waals surface area contributed by atoms with Crippen molar-refractivity contribution in [2.45, 2.75) is 20.8 Å². The van der Waals surface area contributed by atoms with Gasteiger partial charge in [0, 0.05) is 0 Å². The third kappa shape index (κ3) is 3.90. The molecule has 0 saturated carbocycles. The molecular weight excluding hydrogens is 434 g/mol. The minimum absolute atomic E-state index is 0.136. The molecule has 1 aromatic heterocycles. The van der Waals surface area contributed by atoms with E-state index in [4.69, 9.17) is 4.74 Å². The second-order valence-electron chi connectivity index (χ2n) is 7.61. The first-order chi connectivity index (χ1) is 16.3. The van der Waals surface area contributed by atoms with Crippen molar-refractivity contribution in [2.75, 3.05) is 6.61 Å². The maximum atomic E-state index is 13.5. The predicted molar refractivity (Wildman–Crippen MR) is 130 cm³/mol. The summed E-state index contributed by atoms with van der Waals surface area (Å²) in [7, 11) is 0. The highest BCUT2D eigenvalue weighted by Crippen LogP contribution is 2.29. The number of hydrogen-bond donors (Lipinski definition) is 1. The molecule has 0 atom stereocenters. The third-order valence-corrected chi connectivity index (χ3v) is 5.47. The van der Waals surface area contributed by atoms with Crippen LogP contribution in [0.2, 0.25) is 0 Å². The second-order valence-corrected chi connectivity index (χ2v) is 7.61. The van der Waals surface area contributed by atoms with Crippen molar-refractivity contribution < 1.29 is 14.6 Å². The highest BCUT2D eigenvalue weighted by molar-refractivity contribution is 6.22. The lowest BCUT2D eigenvalue weighted by molar-refractivity contribution is -0.137. The molecule has 0 aliphatic carbocycles. The first kappa shape index (κ1) is 22.7. The Labute approximate surface area is 195 Å². The molecule has 172 valence electrons. The summed E-state index contributed by atoms with van der Waals surface area (Å²) in [6, 6.07) is 17.0. The number of rotatable bonds is 5. The molecule has 0 spiro atoms. The highest BCUT2D eigenvalue weighted by atomic mass is 16.5. The normalized spacial score (nSPS) is 14.4. The number of esters is 1. The Morgan fingerprint density at radius 2 is 1.53 bits per heavy atom. The van der Waals surface area contributed by atoms with Crippen LogP contribution in [-0.2, 0) is 9.53 Å². The molecule has 8 nitrogen and oxygen atoms in total. The van der Waals surface area contributed by atoms with E-state index in [0.717, 1.165) is 9.13 Å². The Kier molecular flexibility index (Phi) is 6.14. The van der Waals surface area contributed by atoms with E-state index >= 15 is 0 Å². The maximum Gasteiger partial charge on any atom is 0.343 e. The average Bonchev–Trinajstić information content (AvgIpc) is 3.11. The predicted octanol–water partition coefficient (Wildman–Crippen LogP) is 3.39. The Morgan fingerprint density at radius 1 is 0.971 bits per heavy atom. The van der Waals surface area contributed by atoms with Crippen molar-refractivity contribution in [2.24, 2.45) is 4.99 Å². The molecule has 1 aliphatic rings. The number of ether oxygens (including phenoxy) is 1. The highest BCUT2D eigenvalue weighted by Gasteiger charge is 2.26. The summed E-state index contributed by atoms with van der Waals surface area (Å²) in [6.45, 7) is 5.29. The van der Waals surface area contributed by atoms with Gasteiger partial charge in [-0.2, -0.15) is 0 Å². The molecule has 2 aromatic carbocycles. The lowest BCUT2D eigenvalue weighted by Gasteiger charge is -2.15. The van der Waals surface area contributed by atoms with Crippen LogP contribution in [0.15, 0.2) is 92.1 Å². The number of para-hydroxylation sites is 2. The molecule has 0 saturated heterocycles. The topological polar surface area (TPSA) is 103 Å². The molecule has 0 bridgehead atoms. The summed E-state index contributed by atoms with van der Waals surface area (Å²) < 4.78 is 7.18. The zero-order chi connectivity index (χ0) is 24.4. The van der Waals surface area contributed by atoms with Crippen LogP contribution in [0.25, 0.3) is 17.5 Å². The summed E-state index contributed by atoms with van der Waals surface area (Å²) in [5.74, 6) is -1.03. The van der Waals surface area contributed by atoms with Gasteiger partial charge in [-0.15, -0.1) is 0 Å². The van der Waals surface area contributed by atoms with Gasteiger partial charge in [-0.05, 0) is 56.7 Å². The summed E-state index contributed by atoms with van der Waals surface area (Å²) >= 11 is 0. The van der Waals surface area contributed by atoms with Crippen molar-refractivity contribution in [1.29, 1.82) is 0 Å². The van der Waals surface area contributed by atoms with Gasteiger partial charge in [-0.25, -0.2) is 18.7 Å². The molecule has 0 fully saturated rings. The molecule has 8 heteroatoms. The van der Waals surface area contributed by atoms with E-state index in [1.807, 2.05) is 0 Å². The lowest BCUT2D eigenvalue weighted by atomic mass is 10.1. The van der Waals surface area contributed by atoms with Crippen LogP contribution in [0.1, 0.15) is 26.3 Å². The first-order valence-corrected chi connectivity index (χ1v) is 10.7. The monoisotopic (exact) mass is 457 g/mol. The number of aliphatic imine (C=N–C) groups is 1. The van der Waals surface area contributed by atoms with Crippen molar-refractivity contribution in [3.8, 4) is 17.3 Å². The number of carbonyl (C=O) groups excluding carboxylic acids is 1. The lowest BCUT2D eigenvalue weighted by Crippen LogP contribution is -2.39. The number of benzene rings is 2. The standard InChI is InChI=1S/C26H23N3O5/c1-4-34-25(32)22-16(2)21(27-17(22)3)15-20-23(30)28(18-11-7-5-8-12-18)26(33)29(24(20)31)19-13-9-6-10-14-19/h5-15,30H,4H2,1-3H3. The van der Waals surface area contributed by atoms with Gasteiger partial charge in [0.25, 0.3) is 5.56 Å². The van der Waals surface area contributed by atoms with E-state index in [0.29, 0.717) is 33.9 Å². The van der Waals surface area contributed by atoms with Gasteiger partial charge >= 0.3 is 11.7 Å². The maximum absolute atomic E-state index is 13.5. The van der Waals surface area contributed by atoms with Crippen LogP contribution < -0.4 is 11.2 Å². The van der Waals surface area contributed by atoms with Crippen LogP contribution in [0.4, 0.5) is 0 Å². The minimum Gasteiger partial charge on any atom is -0.494 e. The van der Waals surface area contributed by atoms with Crippen LogP contribution in [-0.4, -0.2) is 32.5 Å². The molecular formula is C26H23N3O5. The van der Waals surface area contributed by atoms with Gasteiger partial charge < -0.3 is 9.84 Å². The zero-order valence-corrected chi connectivity index (χ0v) is 19.0.